The summed E-state index contributed by atoms with van der Waals surface area (Å²) in [5.41, 5.74) is 1.07. The first kappa shape index (κ1) is 16.4. The fourth-order valence-electron chi connectivity index (χ4n) is 2.92. The van der Waals surface area contributed by atoms with Gasteiger partial charge in [-0.3, -0.25) is 10.1 Å². The molecule has 4 heteroatoms. The second kappa shape index (κ2) is 7.85. The standard InChI is InChI=1S/C17H26N2OS/c1-4-9-15-18-16(14-10-7-6-8-11-14)17(20)19(15)13(3)12-21-5-2/h6-8,10-11,13,15-16,18H,4-5,9,12H2,1-3H3. The molecule has 1 aliphatic rings. The number of nitrogens with one attached hydrogen (secondary N) is 1. The maximum absolute atomic E-state index is 12.8. The zero-order valence-electron chi connectivity index (χ0n) is 13.2. The van der Waals surface area contributed by atoms with Crippen LogP contribution >= 0.6 is 11.8 Å². The molecule has 0 radical (unpaired) electrons. The highest BCUT2D eigenvalue weighted by Gasteiger charge is 2.41. The van der Waals surface area contributed by atoms with Gasteiger partial charge < -0.3 is 4.90 Å². The molecule has 3 atom stereocenters. The quantitative estimate of drug-likeness (QED) is 0.837. The Balaban J connectivity index is 2.16. The third kappa shape index (κ3) is 3.80. The molecular weight excluding hydrogens is 280 g/mol. The Hall–Kier alpha value is -1.00. The Labute approximate surface area is 132 Å². The van der Waals surface area contributed by atoms with Gasteiger partial charge in [0, 0.05) is 11.8 Å². The maximum atomic E-state index is 12.8. The second-order valence-corrected chi connectivity index (χ2v) is 6.89. The maximum Gasteiger partial charge on any atom is 0.245 e. The average molecular weight is 306 g/mol. The lowest BCUT2D eigenvalue weighted by Crippen LogP contribution is -2.44. The average Bonchev–Trinajstić information content (AvgIpc) is 2.83. The van der Waals surface area contributed by atoms with E-state index in [1.165, 1.54) is 0 Å². The number of thioether (sulfide) groups is 1. The highest BCUT2D eigenvalue weighted by molar-refractivity contribution is 7.99. The molecular formula is C17H26N2OS. The second-order valence-electron chi connectivity index (χ2n) is 5.57. The van der Waals surface area contributed by atoms with Crippen molar-refractivity contribution in [2.45, 2.75) is 51.9 Å². The lowest BCUT2D eigenvalue weighted by Gasteiger charge is -2.30. The SMILES string of the molecule is CCCC1NC(c2ccccc2)C(=O)N1C(C)CSCC. The van der Waals surface area contributed by atoms with Crippen LogP contribution in [0.5, 0.6) is 0 Å². The number of hydrogen-bond acceptors (Lipinski definition) is 3. The molecule has 116 valence electrons. The molecule has 1 fully saturated rings. The summed E-state index contributed by atoms with van der Waals surface area (Å²) in [6.07, 6.45) is 2.26. The van der Waals surface area contributed by atoms with Crippen LogP contribution in [0.3, 0.4) is 0 Å². The lowest BCUT2D eigenvalue weighted by atomic mass is 10.1. The monoisotopic (exact) mass is 306 g/mol. The van der Waals surface area contributed by atoms with Crippen molar-refractivity contribution < 1.29 is 4.79 Å². The van der Waals surface area contributed by atoms with Gasteiger partial charge in [-0.25, -0.2) is 0 Å². The third-order valence-corrected chi connectivity index (χ3v) is 5.06. The molecule has 1 heterocycles. The van der Waals surface area contributed by atoms with Crippen molar-refractivity contribution in [3.63, 3.8) is 0 Å². The lowest BCUT2D eigenvalue weighted by molar-refractivity contribution is -0.131. The van der Waals surface area contributed by atoms with Gasteiger partial charge in [0.2, 0.25) is 5.91 Å². The van der Waals surface area contributed by atoms with Gasteiger partial charge in [-0.2, -0.15) is 11.8 Å². The molecule has 0 spiro atoms. The minimum atomic E-state index is -0.183. The van der Waals surface area contributed by atoms with E-state index in [9.17, 15) is 4.79 Å². The zero-order chi connectivity index (χ0) is 15.2. The van der Waals surface area contributed by atoms with E-state index in [0.717, 1.165) is 29.9 Å². The molecule has 0 saturated carbocycles. The first-order valence-electron chi connectivity index (χ1n) is 7.89. The molecule has 2 rings (SSSR count). The first-order valence-corrected chi connectivity index (χ1v) is 9.05. The van der Waals surface area contributed by atoms with Crippen molar-refractivity contribution in [1.29, 1.82) is 0 Å². The van der Waals surface area contributed by atoms with Crippen LogP contribution in [0, 0.1) is 0 Å². The Morgan fingerprint density at radius 2 is 2.00 bits per heavy atom. The normalized spacial score (nSPS) is 23.6. The summed E-state index contributed by atoms with van der Waals surface area (Å²) in [4.78, 5) is 14.9. The molecule has 0 bridgehead atoms. The van der Waals surface area contributed by atoms with Crippen LogP contribution in [-0.2, 0) is 4.79 Å². The van der Waals surface area contributed by atoms with Crippen molar-refractivity contribution in [3.8, 4) is 0 Å². The number of hydrogen-bond donors (Lipinski definition) is 1. The minimum absolute atomic E-state index is 0.167. The smallest absolute Gasteiger partial charge is 0.245 e. The number of carbonyl (C=O) groups excluding carboxylic acids is 1. The van der Waals surface area contributed by atoms with Crippen LogP contribution in [0.4, 0.5) is 0 Å². The Morgan fingerprint density at radius 3 is 2.62 bits per heavy atom. The summed E-state index contributed by atoms with van der Waals surface area (Å²) in [6.45, 7) is 6.50. The zero-order valence-corrected chi connectivity index (χ0v) is 14.0. The fraction of sp³-hybridized carbons (Fsp3) is 0.588. The molecule has 1 aromatic carbocycles. The predicted octanol–water partition coefficient (Wildman–Crippen LogP) is 3.43. The van der Waals surface area contributed by atoms with Crippen LogP contribution in [-0.4, -0.2) is 34.5 Å². The van der Waals surface area contributed by atoms with E-state index >= 15 is 0 Å². The highest BCUT2D eigenvalue weighted by atomic mass is 32.2. The van der Waals surface area contributed by atoms with Gasteiger partial charge >= 0.3 is 0 Å². The van der Waals surface area contributed by atoms with Gasteiger partial charge in [-0.1, -0.05) is 50.6 Å². The summed E-state index contributed by atoms with van der Waals surface area (Å²) in [7, 11) is 0. The van der Waals surface area contributed by atoms with Gasteiger partial charge in [0.15, 0.2) is 0 Å². The summed E-state index contributed by atoms with van der Waals surface area (Å²) in [5.74, 6) is 2.33. The van der Waals surface area contributed by atoms with Crippen LogP contribution in [0.25, 0.3) is 0 Å². The molecule has 0 aromatic heterocycles. The molecule has 1 amide bonds. The van der Waals surface area contributed by atoms with Crippen LogP contribution in [0.2, 0.25) is 0 Å². The molecule has 0 aliphatic carbocycles. The Morgan fingerprint density at radius 1 is 1.29 bits per heavy atom. The topological polar surface area (TPSA) is 32.3 Å². The van der Waals surface area contributed by atoms with Crippen molar-refractivity contribution in [1.82, 2.24) is 10.2 Å². The van der Waals surface area contributed by atoms with E-state index in [4.69, 9.17) is 0 Å². The summed E-state index contributed by atoms with van der Waals surface area (Å²) >= 11 is 1.90. The van der Waals surface area contributed by atoms with Crippen molar-refractivity contribution in [2.75, 3.05) is 11.5 Å². The summed E-state index contributed by atoms with van der Waals surface area (Å²) in [5, 5.41) is 3.53. The number of amides is 1. The molecule has 21 heavy (non-hydrogen) atoms. The van der Waals surface area contributed by atoms with Gasteiger partial charge in [0.1, 0.15) is 6.04 Å². The van der Waals surface area contributed by atoms with Crippen molar-refractivity contribution >= 4 is 17.7 Å². The van der Waals surface area contributed by atoms with E-state index in [-0.39, 0.29) is 24.2 Å². The van der Waals surface area contributed by atoms with Gasteiger partial charge in [-0.15, -0.1) is 0 Å². The van der Waals surface area contributed by atoms with Crippen LogP contribution in [0.15, 0.2) is 30.3 Å². The van der Waals surface area contributed by atoms with Crippen molar-refractivity contribution in [3.05, 3.63) is 35.9 Å². The van der Waals surface area contributed by atoms with E-state index in [1.54, 1.807) is 0 Å². The van der Waals surface area contributed by atoms with Crippen LogP contribution in [0.1, 0.15) is 45.2 Å². The molecule has 3 unspecified atom stereocenters. The van der Waals surface area contributed by atoms with Crippen molar-refractivity contribution in [2.24, 2.45) is 0 Å². The third-order valence-electron chi connectivity index (χ3n) is 3.93. The van der Waals surface area contributed by atoms with Gasteiger partial charge in [0.05, 0.1) is 6.17 Å². The first-order chi connectivity index (χ1) is 10.2. The van der Waals surface area contributed by atoms with Gasteiger partial charge in [0.25, 0.3) is 0 Å². The minimum Gasteiger partial charge on any atom is -0.322 e. The number of rotatable bonds is 7. The highest BCUT2D eigenvalue weighted by Crippen LogP contribution is 2.28. The van der Waals surface area contributed by atoms with E-state index < -0.39 is 0 Å². The molecule has 1 N–H and O–H groups in total. The van der Waals surface area contributed by atoms with Gasteiger partial charge in [-0.05, 0) is 24.7 Å². The molecule has 1 aliphatic heterocycles. The number of benzene rings is 1. The molecule has 1 aromatic rings. The summed E-state index contributed by atoms with van der Waals surface area (Å²) < 4.78 is 0. The Kier molecular flexibility index (Phi) is 6.12. The van der Waals surface area contributed by atoms with E-state index in [0.29, 0.717) is 0 Å². The van der Waals surface area contributed by atoms with Crippen LogP contribution < -0.4 is 5.32 Å². The fourth-order valence-corrected chi connectivity index (χ4v) is 3.66. The largest absolute Gasteiger partial charge is 0.322 e. The van der Waals surface area contributed by atoms with E-state index in [2.05, 4.69) is 31.0 Å². The number of nitrogens with zero attached hydrogens (tertiary/aromatic N) is 1. The molecule has 3 nitrogen and oxygen atoms in total. The predicted molar refractivity (Wildman–Crippen MR) is 90.3 cm³/mol. The molecule has 1 saturated heterocycles. The Bertz CT molecular complexity index is 451. The summed E-state index contributed by atoms with van der Waals surface area (Å²) in [6, 6.07) is 10.2. The van der Waals surface area contributed by atoms with E-state index in [1.807, 2.05) is 42.1 Å². The number of carbonyl (C=O) groups is 1.